The molecule has 1 atom stereocenters. The van der Waals surface area contributed by atoms with Gasteiger partial charge in [-0.15, -0.1) is 0 Å². The average molecular weight is 373 g/mol. The summed E-state index contributed by atoms with van der Waals surface area (Å²) < 4.78 is 5.49. The molecule has 1 aromatic heterocycles. The summed E-state index contributed by atoms with van der Waals surface area (Å²) in [6.45, 7) is 1.80. The maximum absolute atomic E-state index is 12.1. The molecule has 2 rings (SSSR count). The molecule has 0 aliphatic rings. The highest BCUT2D eigenvalue weighted by Crippen LogP contribution is 2.26. The summed E-state index contributed by atoms with van der Waals surface area (Å²) in [5.74, 6) is -0.212. The first-order valence-corrected chi connectivity index (χ1v) is 7.54. The van der Waals surface area contributed by atoms with Gasteiger partial charge in [0.05, 0.1) is 16.1 Å². The minimum Gasteiger partial charge on any atom is -0.491 e. The third kappa shape index (κ3) is 4.30. The molecule has 0 unspecified atom stereocenters. The predicted molar refractivity (Wildman–Crippen MR) is 91.0 cm³/mol. The lowest BCUT2D eigenvalue weighted by atomic mass is 10.3. The van der Waals surface area contributed by atoms with Crippen LogP contribution in [0.5, 0.6) is 5.75 Å². The minimum atomic E-state index is -0.830. The number of carbonyl (C=O) groups is 1. The Balaban J connectivity index is 2.00. The smallest absolute Gasteiger partial charge is 0.326 e. The molecule has 0 saturated carbocycles. The van der Waals surface area contributed by atoms with Gasteiger partial charge in [0.1, 0.15) is 23.7 Å². The first kappa shape index (κ1) is 17.9. The number of amides is 1. The van der Waals surface area contributed by atoms with Gasteiger partial charge in [0, 0.05) is 6.07 Å². The Kier molecular flexibility index (Phi) is 5.53. The molecule has 1 amide bonds. The van der Waals surface area contributed by atoms with E-state index in [9.17, 15) is 14.4 Å². The highest BCUT2D eigenvalue weighted by molar-refractivity contribution is 6.42. The molecular formula is C14H14Cl2N4O4. The Morgan fingerprint density at radius 3 is 2.67 bits per heavy atom. The zero-order valence-electron chi connectivity index (χ0n) is 12.5. The van der Waals surface area contributed by atoms with E-state index >= 15 is 0 Å². The zero-order valence-corrected chi connectivity index (χ0v) is 14.0. The Morgan fingerprint density at radius 2 is 2.00 bits per heavy atom. The number of H-pyrrole nitrogens is 2. The summed E-state index contributed by atoms with van der Waals surface area (Å²) in [6.07, 6.45) is 0. The van der Waals surface area contributed by atoms with E-state index in [0.717, 1.165) is 0 Å². The second kappa shape index (κ2) is 7.41. The van der Waals surface area contributed by atoms with Crippen LogP contribution in [0.4, 0.5) is 5.69 Å². The van der Waals surface area contributed by atoms with E-state index in [1.165, 1.54) is 0 Å². The fourth-order valence-electron chi connectivity index (χ4n) is 1.80. The van der Waals surface area contributed by atoms with Gasteiger partial charge in [0.15, 0.2) is 0 Å². The number of hydrogen-bond acceptors (Lipinski definition) is 5. The van der Waals surface area contributed by atoms with Crippen LogP contribution in [0.2, 0.25) is 10.0 Å². The second-order valence-electron chi connectivity index (χ2n) is 4.96. The lowest BCUT2D eigenvalue weighted by Gasteiger charge is -2.15. The highest BCUT2D eigenvalue weighted by atomic mass is 35.5. The lowest BCUT2D eigenvalue weighted by Crippen LogP contribution is -2.40. The van der Waals surface area contributed by atoms with Crippen molar-refractivity contribution in [3.63, 3.8) is 0 Å². The van der Waals surface area contributed by atoms with Crippen molar-refractivity contribution in [1.82, 2.24) is 15.3 Å². The summed E-state index contributed by atoms with van der Waals surface area (Å²) in [6, 6.07) is 4.33. The van der Waals surface area contributed by atoms with E-state index in [2.05, 4.69) is 10.3 Å². The number of ether oxygens (including phenoxy) is 1. The minimum absolute atomic E-state index is 0.122. The molecule has 0 radical (unpaired) electrons. The number of benzene rings is 1. The van der Waals surface area contributed by atoms with Gasteiger partial charge in [0.2, 0.25) is 0 Å². The number of aromatic nitrogens is 2. The van der Waals surface area contributed by atoms with Crippen molar-refractivity contribution in [2.45, 2.75) is 13.0 Å². The summed E-state index contributed by atoms with van der Waals surface area (Å²) in [5.41, 5.74) is 3.17. The van der Waals surface area contributed by atoms with Crippen LogP contribution in [0.15, 0.2) is 27.8 Å². The van der Waals surface area contributed by atoms with Crippen molar-refractivity contribution in [3.8, 4) is 5.75 Å². The number of halogens is 2. The van der Waals surface area contributed by atoms with Gasteiger partial charge in [0.25, 0.3) is 11.5 Å². The van der Waals surface area contributed by atoms with Gasteiger partial charge in [-0.05, 0) is 19.1 Å². The van der Waals surface area contributed by atoms with Gasteiger partial charge in [-0.2, -0.15) is 0 Å². The molecule has 0 saturated heterocycles. The molecule has 0 aliphatic carbocycles. The molecule has 8 nitrogen and oxygen atoms in total. The van der Waals surface area contributed by atoms with Crippen LogP contribution in [-0.4, -0.2) is 28.5 Å². The topological polar surface area (TPSA) is 130 Å². The normalized spacial score (nSPS) is 11.8. The van der Waals surface area contributed by atoms with Crippen LogP contribution in [-0.2, 0) is 0 Å². The third-order valence-corrected chi connectivity index (χ3v) is 3.71. The SMILES string of the molecule is C[C@H](COc1ccc(Cl)c(Cl)c1)NC(=O)c1[nH]c(=O)[nH]c(=O)c1N. The van der Waals surface area contributed by atoms with Crippen molar-refractivity contribution < 1.29 is 9.53 Å². The van der Waals surface area contributed by atoms with Crippen molar-refractivity contribution in [2.75, 3.05) is 12.3 Å². The van der Waals surface area contributed by atoms with Gasteiger partial charge < -0.3 is 20.8 Å². The van der Waals surface area contributed by atoms with E-state index in [4.69, 9.17) is 33.7 Å². The van der Waals surface area contributed by atoms with Crippen molar-refractivity contribution in [1.29, 1.82) is 0 Å². The third-order valence-electron chi connectivity index (χ3n) is 2.98. The number of anilines is 1. The zero-order chi connectivity index (χ0) is 17.9. The summed E-state index contributed by atoms with van der Waals surface area (Å²) in [5, 5.41) is 3.31. The highest BCUT2D eigenvalue weighted by Gasteiger charge is 2.16. The molecule has 5 N–H and O–H groups in total. The Labute approximate surface area is 145 Å². The lowest BCUT2D eigenvalue weighted by molar-refractivity contribution is 0.0922. The monoisotopic (exact) mass is 372 g/mol. The Morgan fingerprint density at radius 1 is 1.29 bits per heavy atom. The molecule has 0 aliphatic heterocycles. The molecular weight excluding hydrogens is 359 g/mol. The summed E-state index contributed by atoms with van der Waals surface area (Å²) in [7, 11) is 0. The maximum atomic E-state index is 12.1. The van der Waals surface area contributed by atoms with E-state index in [1.807, 2.05) is 4.98 Å². The first-order valence-electron chi connectivity index (χ1n) is 6.78. The maximum Gasteiger partial charge on any atom is 0.326 e. The first-order chi connectivity index (χ1) is 11.3. The molecule has 0 fully saturated rings. The largest absolute Gasteiger partial charge is 0.491 e. The van der Waals surface area contributed by atoms with Gasteiger partial charge in [-0.25, -0.2) is 4.79 Å². The van der Waals surface area contributed by atoms with Gasteiger partial charge in [-0.1, -0.05) is 23.2 Å². The van der Waals surface area contributed by atoms with Crippen molar-refractivity contribution in [3.05, 3.63) is 54.8 Å². The van der Waals surface area contributed by atoms with E-state index in [0.29, 0.717) is 15.8 Å². The van der Waals surface area contributed by atoms with Crippen LogP contribution in [0.1, 0.15) is 17.4 Å². The molecule has 0 bridgehead atoms. The average Bonchev–Trinajstić information content (AvgIpc) is 2.52. The fourth-order valence-corrected chi connectivity index (χ4v) is 2.09. The number of nitrogens with two attached hydrogens (primary N) is 1. The molecule has 1 aromatic carbocycles. The molecule has 24 heavy (non-hydrogen) atoms. The van der Waals surface area contributed by atoms with Crippen molar-refractivity contribution in [2.24, 2.45) is 0 Å². The Bertz CT molecular complexity index is 878. The van der Waals surface area contributed by atoms with E-state index in [1.54, 1.807) is 25.1 Å². The van der Waals surface area contributed by atoms with Crippen LogP contribution in [0.25, 0.3) is 0 Å². The standard InChI is InChI=1S/C14H14Cl2N4O4/c1-6(5-24-7-2-3-8(15)9(16)4-7)18-13(22)11-10(17)12(21)20-14(23)19-11/h2-4,6H,5,17H2,1H3,(H,18,22)(H2,19,20,21,23)/t6-/m1/s1. The second-order valence-corrected chi connectivity index (χ2v) is 5.77. The number of carbonyl (C=O) groups excluding carboxylic acids is 1. The molecule has 10 heteroatoms. The quantitative estimate of drug-likeness (QED) is 0.625. The van der Waals surface area contributed by atoms with E-state index in [-0.39, 0.29) is 18.0 Å². The number of rotatable bonds is 5. The van der Waals surface area contributed by atoms with Crippen LogP contribution < -0.4 is 27.0 Å². The fraction of sp³-hybridized carbons (Fsp3) is 0.214. The van der Waals surface area contributed by atoms with Gasteiger partial charge >= 0.3 is 5.69 Å². The predicted octanol–water partition coefficient (Wildman–Crippen LogP) is 1.15. The molecule has 128 valence electrons. The summed E-state index contributed by atoms with van der Waals surface area (Å²) in [4.78, 5) is 38.8. The van der Waals surface area contributed by atoms with E-state index < -0.39 is 23.2 Å². The Hall–Kier alpha value is -2.45. The number of nitrogens with one attached hydrogen (secondary N) is 3. The van der Waals surface area contributed by atoms with Gasteiger partial charge in [-0.3, -0.25) is 14.6 Å². The van der Waals surface area contributed by atoms with Crippen LogP contribution in [0.3, 0.4) is 0 Å². The molecule has 0 spiro atoms. The summed E-state index contributed by atoms with van der Waals surface area (Å²) >= 11 is 11.7. The van der Waals surface area contributed by atoms with Crippen LogP contribution >= 0.6 is 23.2 Å². The number of nitrogen functional groups attached to an aromatic ring is 1. The van der Waals surface area contributed by atoms with Crippen LogP contribution in [0, 0.1) is 0 Å². The molecule has 2 aromatic rings. The molecule has 1 heterocycles. The number of aromatic amines is 2. The number of hydrogen-bond donors (Lipinski definition) is 4. The van der Waals surface area contributed by atoms with Crippen molar-refractivity contribution >= 4 is 34.8 Å².